The number of likely N-dealkylation sites (N-methyl/N-ethyl adjacent to an activating group) is 1. The molecule has 1 aliphatic rings. The number of amides is 1. The predicted octanol–water partition coefficient (Wildman–Crippen LogP) is 6.18. The number of carboxylic acids is 1. The monoisotopic (exact) mass is 481 g/mol. The molecule has 6 nitrogen and oxygen atoms in total. The lowest BCUT2D eigenvalue weighted by molar-refractivity contribution is -0.121. The van der Waals surface area contributed by atoms with Crippen LogP contribution >= 0.6 is 11.8 Å². The van der Waals surface area contributed by atoms with E-state index in [1.165, 1.54) is 39.6 Å². The molecule has 1 fully saturated rings. The van der Waals surface area contributed by atoms with E-state index in [0.29, 0.717) is 15.8 Å². The second-order valence-electron chi connectivity index (χ2n) is 8.41. The van der Waals surface area contributed by atoms with E-state index in [9.17, 15) is 9.59 Å². The van der Waals surface area contributed by atoms with Gasteiger partial charge in [0.2, 0.25) is 0 Å². The van der Waals surface area contributed by atoms with Crippen LogP contribution in [0.1, 0.15) is 27.3 Å². The summed E-state index contributed by atoms with van der Waals surface area (Å²) < 4.78 is 2.20. The number of hydrogen-bond acceptors (Lipinski definition) is 4. The zero-order valence-corrected chi connectivity index (χ0v) is 20.3. The molecule has 4 aromatic rings. The highest BCUT2D eigenvalue weighted by molar-refractivity contribution is 8.18. The van der Waals surface area contributed by atoms with Gasteiger partial charge in [0.15, 0.2) is 5.17 Å². The first-order valence-corrected chi connectivity index (χ1v) is 11.9. The number of aryl methyl sites for hydroxylation is 1. The normalized spacial score (nSPS) is 16.1. The maximum absolute atomic E-state index is 12.9. The van der Waals surface area contributed by atoms with Crippen molar-refractivity contribution in [2.24, 2.45) is 4.99 Å². The van der Waals surface area contributed by atoms with Crippen molar-refractivity contribution in [3.63, 3.8) is 0 Å². The largest absolute Gasteiger partial charge is 0.478 e. The van der Waals surface area contributed by atoms with E-state index in [2.05, 4.69) is 59.8 Å². The summed E-state index contributed by atoms with van der Waals surface area (Å²) >= 11 is 1.31. The lowest BCUT2D eigenvalue weighted by Crippen LogP contribution is -2.23. The molecule has 174 valence electrons. The first-order valence-electron chi connectivity index (χ1n) is 11.1. The van der Waals surface area contributed by atoms with Crippen LogP contribution in [0.15, 0.2) is 82.7 Å². The third-order valence-corrected chi connectivity index (χ3v) is 7.15. The molecule has 0 atom stereocenters. The Kier molecular flexibility index (Phi) is 5.78. The Morgan fingerprint density at radius 3 is 2.40 bits per heavy atom. The summed E-state index contributed by atoms with van der Waals surface area (Å²) in [7, 11) is 1.69. The van der Waals surface area contributed by atoms with Gasteiger partial charge in [-0.15, -0.1) is 0 Å². The van der Waals surface area contributed by atoms with E-state index in [4.69, 9.17) is 5.11 Å². The molecule has 7 heteroatoms. The highest BCUT2D eigenvalue weighted by atomic mass is 32.2. The van der Waals surface area contributed by atoms with E-state index < -0.39 is 5.97 Å². The fourth-order valence-corrected chi connectivity index (χ4v) is 5.21. The minimum atomic E-state index is -0.988. The summed E-state index contributed by atoms with van der Waals surface area (Å²) in [6.07, 6.45) is 1.92. The summed E-state index contributed by atoms with van der Waals surface area (Å²) in [5, 5.41) is 12.0. The number of fused-ring (bicyclic) bond motifs is 1. The molecular formula is C28H23N3O3S. The third-order valence-electron chi connectivity index (χ3n) is 6.09. The number of hydrogen-bond donors (Lipinski definition) is 1. The quantitative estimate of drug-likeness (QED) is 0.353. The number of aliphatic imine (C=N–C) groups is 1. The number of carbonyl (C=O) groups excluding carboxylic acids is 1. The van der Waals surface area contributed by atoms with Crippen molar-refractivity contribution in [1.29, 1.82) is 0 Å². The van der Waals surface area contributed by atoms with Crippen molar-refractivity contribution >= 4 is 51.3 Å². The van der Waals surface area contributed by atoms with Crippen molar-refractivity contribution in [3.05, 3.63) is 100 Å². The second kappa shape index (κ2) is 8.92. The van der Waals surface area contributed by atoms with E-state index >= 15 is 0 Å². The first-order chi connectivity index (χ1) is 16.8. The van der Waals surface area contributed by atoms with Crippen LogP contribution in [-0.4, -0.2) is 38.7 Å². The lowest BCUT2D eigenvalue weighted by atomic mass is 10.1. The molecular weight excluding hydrogens is 458 g/mol. The van der Waals surface area contributed by atoms with Gasteiger partial charge in [-0.1, -0.05) is 30.3 Å². The van der Waals surface area contributed by atoms with Crippen LogP contribution in [0.4, 0.5) is 5.69 Å². The van der Waals surface area contributed by atoms with Crippen molar-refractivity contribution in [2.75, 3.05) is 7.05 Å². The van der Waals surface area contributed by atoms with Crippen LogP contribution in [0.3, 0.4) is 0 Å². The van der Waals surface area contributed by atoms with Gasteiger partial charge in [-0.05, 0) is 90.5 Å². The molecule has 1 saturated heterocycles. The van der Waals surface area contributed by atoms with E-state index in [1.54, 1.807) is 19.2 Å². The molecule has 0 saturated carbocycles. The zero-order valence-electron chi connectivity index (χ0n) is 19.5. The van der Waals surface area contributed by atoms with Crippen molar-refractivity contribution < 1.29 is 14.7 Å². The van der Waals surface area contributed by atoms with Gasteiger partial charge in [0.25, 0.3) is 5.91 Å². The number of thioether (sulfide) groups is 1. The Bertz CT molecular complexity index is 1550. The second-order valence-corrected chi connectivity index (χ2v) is 9.42. The summed E-state index contributed by atoms with van der Waals surface area (Å²) in [5.41, 5.74) is 4.98. The van der Waals surface area contributed by atoms with Gasteiger partial charge < -0.3 is 9.67 Å². The van der Waals surface area contributed by atoms with Crippen molar-refractivity contribution in [2.45, 2.75) is 13.8 Å². The van der Waals surface area contributed by atoms with Gasteiger partial charge in [-0.25, -0.2) is 9.79 Å². The number of benzene rings is 3. The summed E-state index contributed by atoms with van der Waals surface area (Å²) in [6.45, 7) is 4.12. The molecule has 1 N–H and O–H groups in total. The van der Waals surface area contributed by atoms with E-state index in [0.717, 1.165) is 22.6 Å². The zero-order chi connectivity index (χ0) is 24.7. The number of amidine groups is 1. The van der Waals surface area contributed by atoms with Gasteiger partial charge in [0.1, 0.15) is 0 Å². The van der Waals surface area contributed by atoms with Crippen LogP contribution in [0, 0.1) is 13.8 Å². The van der Waals surface area contributed by atoms with Crippen LogP contribution in [0.5, 0.6) is 0 Å². The third kappa shape index (κ3) is 4.26. The van der Waals surface area contributed by atoms with E-state index in [1.807, 2.05) is 18.2 Å². The maximum atomic E-state index is 12.9. The Morgan fingerprint density at radius 2 is 1.69 bits per heavy atom. The summed E-state index contributed by atoms with van der Waals surface area (Å²) in [5.74, 6) is -1.11. The number of carboxylic acid groups (broad SMARTS) is 1. The topological polar surface area (TPSA) is 74.9 Å². The van der Waals surface area contributed by atoms with Crippen LogP contribution < -0.4 is 0 Å². The number of carbonyl (C=O) groups is 2. The predicted molar refractivity (Wildman–Crippen MR) is 142 cm³/mol. The van der Waals surface area contributed by atoms with Gasteiger partial charge in [-0.3, -0.25) is 9.69 Å². The molecule has 35 heavy (non-hydrogen) atoms. The highest BCUT2D eigenvalue weighted by Gasteiger charge is 2.30. The Labute approximate surface area is 207 Å². The number of aromatic nitrogens is 1. The minimum absolute atomic E-state index is 0.119. The molecule has 0 radical (unpaired) electrons. The first kappa shape index (κ1) is 22.7. The molecule has 0 spiro atoms. The van der Waals surface area contributed by atoms with E-state index in [-0.39, 0.29) is 11.5 Å². The molecule has 1 aliphatic heterocycles. The SMILES string of the molecule is Cc1cc(/C=C2\SC(=Nc3ccc(C(=O)O)cc3)N(C)C2=O)c(C)n1-c1ccc2ccccc2c1. The van der Waals surface area contributed by atoms with Crippen molar-refractivity contribution in [3.8, 4) is 5.69 Å². The number of aromatic carboxylic acids is 1. The van der Waals surface area contributed by atoms with Gasteiger partial charge >= 0.3 is 5.97 Å². The smallest absolute Gasteiger partial charge is 0.335 e. The molecule has 1 aromatic heterocycles. The summed E-state index contributed by atoms with van der Waals surface area (Å²) in [4.78, 5) is 30.7. The Balaban J connectivity index is 1.46. The fraction of sp³-hybridized carbons (Fsp3) is 0.107. The molecule has 0 bridgehead atoms. The number of rotatable bonds is 4. The van der Waals surface area contributed by atoms with Gasteiger partial charge in [0, 0.05) is 24.1 Å². The number of nitrogens with zero attached hydrogens (tertiary/aromatic N) is 3. The molecule has 0 aliphatic carbocycles. The molecule has 5 rings (SSSR count). The Morgan fingerprint density at radius 1 is 0.971 bits per heavy atom. The van der Waals surface area contributed by atoms with Crippen LogP contribution in [0.25, 0.3) is 22.5 Å². The maximum Gasteiger partial charge on any atom is 0.335 e. The van der Waals surface area contributed by atoms with Gasteiger partial charge in [-0.2, -0.15) is 0 Å². The summed E-state index contributed by atoms with van der Waals surface area (Å²) in [6, 6.07) is 23.1. The van der Waals surface area contributed by atoms with Crippen molar-refractivity contribution in [1.82, 2.24) is 9.47 Å². The average molecular weight is 482 g/mol. The van der Waals surface area contributed by atoms with Crippen LogP contribution in [-0.2, 0) is 4.79 Å². The molecule has 3 aromatic carbocycles. The molecule has 1 amide bonds. The lowest BCUT2D eigenvalue weighted by Gasteiger charge is -2.11. The highest BCUT2D eigenvalue weighted by Crippen LogP contribution is 2.34. The minimum Gasteiger partial charge on any atom is -0.478 e. The van der Waals surface area contributed by atoms with Gasteiger partial charge in [0.05, 0.1) is 16.2 Å². The molecule has 0 unspecified atom stereocenters. The molecule has 2 heterocycles. The van der Waals surface area contributed by atoms with Crippen LogP contribution in [0.2, 0.25) is 0 Å². The Hall–Kier alpha value is -4.10. The average Bonchev–Trinajstić information content (AvgIpc) is 3.28. The fourth-order valence-electron chi connectivity index (χ4n) is 4.23. The standard InChI is InChI=1S/C28H23N3O3S/c1-17-14-22(18(2)31(17)24-13-10-19-6-4-5-7-21(19)15-24)16-25-26(32)30(3)28(35-25)29-23-11-8-20(9-12-23)27(33)34/h4-16H,1-3H3,(H,33,34)/b25-16-,29-28?.